The van der Waals surface area contributed by atoms with Crippen molar-refractivity contribution in [2.24, 2.45) is 0 Å². The molecule has 0 fully saturated rings. The highest BCUT2D eigenvalue weighted by Gasteiger charge is 2.27. The zero-order chi connectivity index (χ0) is 100. The summed E-state index contributed by atoms with van der Waals surface area (Å²) in [6.45, 7) is 22.6. The average Bonchev–Trinajstić information content (AvgIpc) is 1.58. The van der Waals surface area contributed by atoms with E-state index < -0.39 is 0 Å². The van der Waals surface area contributed by atoms with Gasteiger partial charge in [-0.25, -0.2) is 29.9 Å². The maximum Gasteiger partial charge on any atom is 0.160 e. The summed E-state index contributed by atoms with van der Waals surface area (Å²) in [5, 5.41) is 10.1. The second-order valence-electron chi connectivity index (χ2n) is 40.8. The molecule has 10 heteroatoms. The number of para-hydroxylation sites is 6. The first kappa shape index (κ1) is 92.1. The van der Waals surface area contributed by atoms with Crippen LogP contribution in [0.2, 0.25) is 0 Å². The lowest BCUT2D eigenvalue weighted by molar-refractivity contribution is 0.590. The van der Waals surface area contributed by atoms with E-state index in [1.54, 1.807) is 0 Å². The fourth-order valence-electron chi connectivity index (χ4n) is 21.4. The molecule has 7 heterocycles. The van der Waals surface area contributed by atoms with Crippen LogP contribution in [-0.2, 0) is 10.8 Å². The Morgan fingerprint density at radius 2 is 0.439 bits per heavy atom. The van der Waals surface area contributed by atoms with Gasteiger partial charge in [-0.05, 0) is 228 Å². The maximum absolute atomic E-state index is 5.26. The van der Waals surface area contributed by atoms with Gasteiger partial charge in [-0.2, -0.15) is 0 Å². The minimum atomic E-state index is 0.0669. The Morgan fingerprint density at radius 1 is 0.162 bits per heavy atom. The lowest BCUT2D eigenvalue weighted by Crippen LogP contribution is -2.10. The Hall–Kier alpha value is -18.4. The molecule has 0 aliphatic carbocycles. The highest BCUT2D eigenvalue weighted by atomic mass is 15.0. The molecule has 148 heavy (non-hydrogen) atoms. The summed E-state index contributed by atoms with van der Waals surface area (Å²) in [5.74, 6) is 2.14. The van der Waals surface area contributed by atoms with E-state index >= 15 is 0 Å². The van der Waals surface area contributed by atoms with E-state index in [0.717, 1.165) is 140 Å². The topological polar surface area (TPSA) is 97.1 Å². The second kappa shape index (κ2) is 38.4. The fraction of sp³-hybridized carbons (Fsp3) is 0.0870. The van der Waals surface area contributed by atoms with Crippen molar-refractivity contribution in [2.45, 2.75) is 80.1 Å². The molecule has 710 valence electrons. The summed E-state index contributed by atoms with van der Waals surface area (Å²) in [5.41, 5.74) is 41.4. The third-order valence-corrected chi connectivity index (χ3v) is 29.0. The Bertz CT molecular complexity index is 9020. The molecule has 0 saturated carbocycles. The van der Waals surface area contributed by atoms with Gasteiger partial charge in [-0.1, -0.05) is 381 Å². The summed E-state index contributed by atoms with van der Waals surface area (Å²) in [4.78, 5) is 30.6. The number of rotatable bonds is 15. The smallest absolute Gasteiger partial charge is 0.160 e. The number of aryl methyl sites for hydroxylation is 4. The van der Waals surface area contributed by atoms with Gasteiger partial charge in [0.05, 0.1) is 78.3 Å². The van der Waals surface area contributed by atoms with Crippen LogP contribution in [0.5, 0.6) is 0 Å². The lowest BCUT2D eigenvalue weighted by Gasteiger charge is -2.19. The van der Waals surface area contributed by atoms with Crippen LogP contribution < -0.4 is 0 Å². The molecule has 26 rings (SSSR count). The lowest BCUT2D eigenvalue weighted by atomic mass is 9.85. The van der Waals surface area contributed by atoms with Crippen LogP contribution in [0.4, 0.5) is 0 Å². The first-order valence-electron chi connectivity index (χ1n) is 50.9. The van der Waals surface area contributed by atoms with Gasteiger partial charge in [0.2, 0.25) is 0 Å². The summed E-state index contributed by atoms with van der Waals surface area (Å²) in [7, 11) is 0. The normalized spacial score (nSPS) is 11.7. The van der Waals surface area contributed by atoms with Crippen molar-refractivity contribution in [3.05, 3.63) is 507 Å². The molecule has 10 nitrogen and oxygen atoms in total. The van der Waals surface area contributed by atoms with Crippen LogP contribution in [0.25, 0.3) is 234 Å². The molecule has 0 amide bonds. The predicted molar refractivity (Wildman–Crippen MR) is 620 cm³/mol. The molecule has 0 radical (unpaired) electrons. The third-order valence-electron chi connectivity index (χ3n) is 29.0. The van der Waals surface area contributed by atoms with Crippen molar-refractivity contribution in [3.8, 4) is 147 Å². The average molecular weight is 1910 g/mol. The number of fused-ring (bicyclic) bond motifs is 12. The molecule has 26 aromatic rings. The second-order valence-corrected chi connectivity index (χ2v) is 40.8. The van der Waals surface area contributed by atoms with Gasteiger partial charge in [0.25, 0.3) is 0 Å². The highest BCUT2D eigenvalue weighted by Crippen LogP contribution is 2.46. The van der Waals surface area contributed by atoms with Gasteiger partial charge in [0.1, 0.15) is 0 Å². The van der Waals surface area contributed by atoms with E-state index in [1.165, 1.54) is 115 Å². The van der Waals surface area contributed by atoms with Crippen molar-refractivity contribution >= 4 is 87.2 Å². The monoisotopic (exact) mass is 1900 g/mol. The minimum absolute atomic E-state index is 0.0669. The quantitative estimate of drug-likeness (QED) is 0.101. The molecule has 19 aromatic carbocycles. The molecular formula is C138H108N10. The number of aromatic nitrogens is 10. The van der Waals surface area contributed by atoms with Gasteiger partial charge >= 0.3 is 0 Å². The fourth-order valence-corrected chi connectivity index (χ4v) is 21.4. The predicted octanol–water partition coefficient (Wildman–Crippen LogP) is 36.0. The number of benzene rings is 19. The number of hydrogen-bond acceptors (Lipinski definition) is 6. The Labute approximate surface area is 862 Å². The van der Waals surface area contributed by atoms with Crippen molar-refractivity contribution < 1.29 is 0 Å². The van der Waals surface area contributed by atoms with E-state index in [9.17, 15) is 0 Å². The van der Waals surface area contributed by atoms with Gasteiger partial charge < -0.3 is 18.3 Å². The molecule has 0 N–H and O–H groups in total. The molecular weight excluding hydrogens is 1800 g/mol. The molecule has 0 aliphatic rings. The highest BCUT2D eigenvalue weighted by molar-refractivity contribution is 6.13. The van der Waals surface area contributed by atoms with E-state index in [-0.39, 0.29) is 10.8 Å². The van der Waals surface area contributed by atoms with E-state index in [4.69, 9.17) is 29.9 Å². The van der Waals surface area contributed by atoms with Crippen LogP contribution in [-0.4, -0.2) is 48.2 Å². The molecule has 7 aromatic heterocycles. The van der Waals surface area contributed by atoms with Gasteiger partial charge in [0, 0.05) is 116 Å². The largest absolute Gasteiger partial charge is 0.309 e. The standard InChI is InChI=1S/C48H43N3.C46H30N4.C44H35N3/c1-47(2,3)37-22-26-44-40(29-37)41-30-38(48(4,5)6)23-27-45(41)51(44)39-24-20-32(21-25-39)35-18-13-19-36(28-35)46-49-42(33-14-9-7-10-15-33)31-43(50-46)34-16-11-8-12-17-34;1-3-15-31(16-4-1)40-30-41(48-46(47-40)32-17-5-2-6-18-32)33-27-34(49-42-23-11-7-19-36(42)37-20-8-12-24-43(37)49)29-35(28-33)50-44-25-13-9-21-38(44)39-22-10-14-26-45(39)50;1-28-24-38(40-27-39(32-15-7-5-8-16-32)45-44(46-40)33-17-9-6-10-18-33)29(2)23-36(28)37-25-31(4)43(26-30(37)3)47-41-21-13-11-19-34(41)35-20-12-14-22-42(35)47/h7-31H,1-6H3;1-30H;5-27H,1-4H3. The number of nitrogens with zero attached hydrogens (tertiary/aromatic N) is 10. The van der Waals surface area contributed by atoms with Crippen LogP contribution >= 0.6 is 0 Å². The molecule has 0 spiro atoms. The van der Waals surface area contributed by atoms with Gasteiger partial charge in [-0.3, -0.25) is 0 Å². The molecule has 0 aliphatic heterocycles. The summed E-state index contributed by atoms with van der Waals surface area (Å²) >= 11 is 0. The summed E-state index contributed by atoms with van der Waals surface area (Å²) < 4.78 is 9.62. The Morgan fingerprint density at radius 3 is 0.818 bits per heavy atom. The first-order chi connectivity index (χ1) is 72.3. The first-order valence-corrected chi connectivity index (χ1v) is 50.9. The van der Waals surface area contributed by atoms with Crippen LogP contribution in [0, 0.1) is 27.7 Å². The van der Waals surface area contributed by atoms with Crippen molar-refractivity contribution in [3.63, 3.8) is 0 Å². The Balaban J connectivity index is 0.000000119. The molecule has 0 unspecified atom stereocenters. The van der Waals surface area contributed by atoms with E-state index in [0.29, 0.717) is 11.6 Å². The summed E-state index contributed by atoms with van der Waals surface area (Å²) in [6, 6.07) is 168. The maximum atomic E-state index is 5.26. The minimum Gasteiger partial charge on any atom is -0.309 e. The molecule has 0 bridgehead atoms. The van der Waals surface area contributed by atoms with Crippen molar-refractivity contribution in [2.75, 3.05) is 0 Å². The van der Waals surface area contributed by atoms with Crippen LogP contribution in [0.1, 0.15) is 74.9 Å². The van der Waals surface area contributed by atoms with Crippen LogP contribution in [0.3, 0.4) is 0 Å². The number of hydrogen-bond donors (Lipinski definition) is 0. The SMILES string of the molecule is CC(C)(C)c1ccc2c(c1)c1cc(C(C)(C)C)ccc1n2-c1ccc(-c2cccc(-c3nc(-c4ccccc4)cc(-c4ccccc4)n3)c2)cc1.Cc1cc(-c2cc(C)c(-n3c4ccccc4c4ccccc43)cc2C)c(C)cc1-c1cc(-c2ccccc2)nc(-c2ccccc2)n1.c1ccc(-c2cc(-c3cc(-n4c5ccccc5c5ccccc54)cc(-n4c5ccccc5c5ccccc54)c3)nc(-c3ccccc3)n2)cc1. The van der Waals surface area contributed by atoms with E-state index in [1.807, 2.05) is 60.7 Å². The third kappa shape index (κ3) is 17.5. The van der Waals surface area contributed by atoms with Crippen molar-refractivity contribution in [1.82, 2.24) is 48.2 Å². The molecule has 0 atom stereocenters. The summed E-state index contributed by atoms with van der Waals surface area (Å²) in [6.07, 6.45) is 0. The van der Waals surface area contributed by atoms with Crippen LogP contribution in [0.15, 0.2) is 473 Å². The van der Waals surface area contributed by atoms with Crippen molar-refractivity contribution in [1.29, 1.82) is 0 Å². The van der Waals surface area contributed by atoms with Gasteiger partial charge in [0.15, 0.2) is 17.5 Å². The Kier molecular flexibility index (Phi) is 23.9. The van der Waals surface area contributed by atoms with Gasteiger partial charge in [-0.15, -0.1) is 0 Å². The van der Waals surface area contributed by atoms with E-state index in [2.05, 4.69) is 500 Å². The zero-order valence-corrected chi connectivity index (χ0v) is 84.5. The zero-order valence-electron chi connectivity index (χ0n) is 84.5. The molecule has 0 saturated heterocycles.